The Morgan fingerprint density at radius 2 is 2.12 bits per heavy atom. The molecule has 0 bridgehead atoms. The van der Waals surface area contributed by atoms with Gasteiger partial charge in [-0.3, -0.25) is 9.59 Å². The maximum absolute atomic E-state index is 12.8. The lowest BCUT2D eigenvalue weighted by Gasteiger charge is -2.44. The minimum absolute atomic E-state index is 0.00576. The van der Waals surface area contributed by atoms with E-state index in [9.17, 15) is 14.0 Å². The van der Waals surface area contributed by atoms with Gasteiger partial charge in [0.25, 0.3) is 5.91 Å². The van der Waals surface area contributed by atoms with Crippen LogP contribution in [-0.2, 0) is 9.59 Å². The summed E-state index contributed by atoms with van der Waals surface area (Å²) in [4.78, 5) is 25.8. The number of hydrogen-bond donors (Lipinski definition) is 1. The van der Waals surface area contributed by atoms with Crippen LogP contribution in [0.15, 0.2) is 24.3 Å². The van der Waals surface area contributed by atoms with Gasteiger partial charge in [0.15, 0.2) is 6.61 Å². The molecule has 2 unspecified atom stereocenters. The highest BCUT2D eigenvalue weighted by molar-refractivity contribution is 5.78. The molecule has 1 aromatic rings. The van der Waals surface area contributed by atoms with E-state index in [0.717, 1.165) is 25.7 Å². The first-order chi connectivity index (χ1) is 11.5. The lowest BCUT2D eigenvalue weighted by atomic mass is 9.74. The number of nitrogens with zero attached hydrogens (tertiary/aromatic N) is 1. The summed E-state index contributed by atoms with van der Waals surface area (Å²) in [6.07, 6.45) is 4.51. The molecule has 1 aliphatic carbocycles. The van der Waals surface area contributed by atoms with Gasteiger partial charge >= 0.3 is 0 Å². The average molecular weight is 334 g/mol. The number of carbonyl (C=O) groups is 2. The summed E-state index contributed by atoms with van der Waals surface area (Å²) in [5.74, 6) is 0.128. The highest BCUT2D eigenvalue weighted by Gasteiger charge is 2.49. The molecule has 2 fully saturated rings. The Hall–Kier alpha value is -2.11. The van der Waals surface area contributed by atoms with Crippen LogP contribution in [0.5, 0.6) is 5.75 Å². The zero-order chi connectivity index (χ0) is 17.2. The molecule has 0 spiro atoms. The van der Waals surface area contributed by atoms with Crippen LogP contribution in [-0.4, -0.2) is 43.0 Å². The van der Waals surface area contributed by atoms with Crippen molar-refractivity contribution in [2.75, 3.05) is 20.2 Å². The average Bonchev–Trinajstić information content (AvgIpc) is 3.01. The number of rotatable bonds is 5. The Kier molecular flexibility index (Phi) is 4.73. The smallest absolute Gasteiger partial charge is 0.257 e. The van der Waals surface area contributed by atoms with Crippen molar-refractivity contribution in [3.63, 3.8) is 0 Å². The van der Waals surface area contributed by atoms with Gasteiger partial charge in [-0.1, -0.05) is 6.42 Å². The van der Waals surface area contributed by atoms with Gasteiger partial charge in [-0.25, -0.2) is 4.39 Å². The quantitative estimate of drug-likeness (QED) is 0.897. The summed E-state index contributed by atoms with van der Waals surface area (Å²) < 4.78 is 18.2. The Morgan fingerprint density at radius 3 is 2.88 bits per heavy atom. The highest BCUT2D eigenvalue weighted by Crippen LogP contribution is 2.47. The second-order valence-corrected chi connectivity index (χ2v) is 6.79. The van der Waals surface area contributed by atoms with Gasteiger partial charge in [0.1, 0.15) is 11.6 Å². The van der Waals surface area contributed by atoms with Crippen LogP contribution in [0.1, 0.15) is 32.1 Å². The number of fused-ring (bicyclic) bond motifs is 1. The predicted molar refractivity (Wildman–Crippen MR) is 87.0 cm³/mol. The first kappa shape index (κ1) is 16.7. The van der Waals surface area contributed by atoms with Gasteiger partial charge < -0.3 is 15.0 Å². The van der Waals surface area contributed by atoms with Gasteiger partial charge in [0.2, 0.25) is 5.91 Å². The van der Waals surface area contributed by atoms with E-state index in [2.05, 4.69) is 5.32 Å². The van der Waals surface area contributed by atoms with E-state index >= 15 is 0 Å². The van der Waals surface area contributed by atoms with Crippen LogP contribution < -0.4 is 10.1 Å². The Balaban J connectivity index is 1.52. The standard InChI is InChI=1S/C18H23FN2O3/c1-21-15-3-2-9-18(15,10-8-17(21)23)12-20-16(22)11-24-14-6-4-13(19)5-7-14/h4-7,15H,2-3,8-12H2,1H3,(H,20,22). The Labute approximate surface area is 141 Å². The molecular formula is C18H23FN2O3. The summed E-state index contributed by atoms with van der Waals surface area (Å²) in [7, 11) is 1.87. The molecule has 2 atom stereocenters. The number of nitrogens with one attached hydrogen (secondary N) is 1. The molecule has 1 aromatic carbocycles. The third-order valence-electron chi connectivity index (χ3n) is 5.38. The van der Waals surface area contributed by atoms with Gasteiger partial charge in [-0.05, 0) is 43.5 Å². The van der Waals surface area contributed by atoms with E-state index < -0.39 is 0 Å². The lowest BCUT2D eigenvalue weighted by molar-refractivity contribution is -0.139. The van der Waals surface area contributed by atoms with E-state index in [1.165, 1.54) is 24.3 Å². The maximum Gasteiger partial charge on any atom is 0.257 e. The first-order valence-electron chi connectivity index (χ1n) is 8.41. The first-order valence-corrected chi connectivity index (χ1v) is 8.41. The molecule has 2 amide bonds. The van der Waals surface area contributed by atoms with Crippen molar-refractivity contribution >= 4 is 11.8 Å². The maximum atomic E-state index is 12.8. The number of ether oxygens (including phenoxy) is 1. The number of hydrogen-bond acceptors (Lipinski definition) is 3. The van der Waals surface area contributed by atoms with Crippen LogP contribution >= 0.6 is 0 Å². The molecule has 1 heterocycles. The second kappa shape index (κ2) is 6.79. The van der Waals surface area contributed by atoms with Crippen LogP contribution in [0.25, 0.3) is 0 Å². The van der Waals surface area contributed by atoms with Crippen molar-refractivity contribution in [1.82, 2.24) is 10.2 Å². The number of halogens is 1. The molecule has 6 heteroatoms. The minimum Gasteiger partial charge on any atom is -0.484 e. The minimum atomic E-state index is -0.339. The number of piperidine rings is 1. The normalized spacial score (nSPS) is 26.2. The van der Waals surface area contributed by atoms with Crippen molar-refractivity contribution in [2.24, 2.45) is 5.41 Å². The Morgan fingerprint density at radius 1 is 1.38 bits per heavy atom. The lowest BCUT2D eigenvalue weighted by Crippen LogP contribution is -2.54. The van der Waals surface area contributed by atoms with Crippen molar-refractivity contribution < 1.29 is 18.7 Å². The second-order valence-electron chi connectivity index (χ2n) is 6.79. The number of likely N-dealkylation sites (tertiary alicyclic amines) is 1. The molecule has 0 radical (unpaired) electrons. The number of benzene rings is 1. The molecule has 24 heavy (non-hydrogen) atoms. The molecule has 0 aromatic heterocycles. The summed E-state index contributed by atoms with van der Waals surface area (Å²) in [6, 6.07) is 5.80. The van der Waals surface area contributed by atoms with E-state index in [4.69, 9.17) is 4.74 Å². The summed E-state index contributed by atoms with van der Waals surface area (Å²) in [6.45, 7) is 0.474. The largest absolute Gasteiger partial charge is 0.484 e. The number of carbonyl (C=O) groups excluding carboxylic acids is 2. The Bertz CT molecular complexity index is 619. The number of amides is 2. The molecule has 1 saturated heterocycles. The molecule has 5 nitrogen and oxygen atoms in total. The van der Waals surface area contributed by atoms with Crippen LogP contribution in [0, 0.1) is 11.2 Å². The van der Waals surface area contributed by atoms with Crippen molar-refractivity contribution in [1.29, 1.82) is 0 Å². The van der Waals surface area contributed by atoms with E-state index in [0.29, 0.717) is 18.7 Å². The van der Waals surface area contributed by atoms with E-state index in [1.54, 1.807) is 0 Å². The molecule has 1 N–H and O–H groups in total. The van der Waals surface area contributed by atoms with Crippen LogP contribution in [0.2, 0.25) is 0 Å². The third-order valence-corrected chi connectivity index (χ3v) is 5.38. The van der Waals surface area contributed by atoms with Crippen molar-refractivity contribution in [3.05, 3.63) is 30.1 Å². The zero-order valence-corrected chi connectivity index (χ0v) is 13.9. The summed E-state index contributed by atoms with van der Waals surface area (Å²) >= 11 is 0. The molecule has 130 valence electrons. The fourth-order valence-corrected chi connectivity index (χ4v) is 4.02. The molecule has 1 aliphatic heterocycles. The van der Waals surface area contributed by atoms with E-state index in [-0.39, 0.29) is 35.7 Å². The highest BCUT2D eigenvalue weighted by atomic mass is 19.1. The SMILES string of the molecule is CN1C(=O)CCC2(CNC(=O)COc3ccc(F)cc3)CCCC12. The summed E-state index contributed by atoms with van der Waals surface area (Å²) in [5, 5.41) is 2.96. The molecule has 2 aliphatic rings. The molecular weight excluding hydrogens is 311 g/mol. The van der Waals surface area contributed by atoms with Gasteiger partial charge in [-0.15, -0.1) is 0 Å². The third kappa shape index (κ3) is 3.37. The molecule has 3 rings (SSSR count). The monoisotopic (exact) mass is 334 g/mol. The topological polar surface area (TPSA) is 58.6 Å². The van der Waals surface area contributed by atoms with Crippen LogP contribution in [0.4, 0.5) is 4.39 Å². The summed E-state index contributed by atoms with van der Waals surface area (Å²) in [5.41, 5.74) is -0.00576. The van der Waals surface area contributed by atoms with Gasteiger partial charge in [0, 0.05) is 31.5 Å². The van der Waals surface area contributed by atoms with Crippen molar-refractivity contribution in [3.8, 4) is 5.75 Å². The molecule has 1 saturated carbocycles. The fourth-order valence-electron chi connectivity index (χ4n) is 4.02. The fraction of sp³-hybridized carbons (Fsp3) is 0.556. The van der Waals surface area contributed by atoms with Crippen LogP contribution in [0.3, 0.4) is 0 Å². The van der Waals surface area contributed by atoms with E-state index in [1.807, 2.05) is 11.9 Å². The van der Waals surface area contributed by atoms with Crippen molar-refractivity contribution in [2.45, 2.75) is 38.1 Å². The predicted octanol–water partition coefficient (Wildman–Crippen LogP) is 2.11. The van der Waals surface area contributed by atoms with Gasteiger partial charge in [-0.2, -0.15) is 0 Å². The zero-order valence-electron chi connectivity index (χ0n) is 13.9. The van der Waals surface area contributed by atoms with Gasteiger partial charge in [0.05, 0.1) is 0 Å².